The van der Waals surface area contributed by atoms with E-state index >= 15 is 0 Å². The van der Waals surface area contributed by atoms with Gasteiger partial charge in [0.25, 0.3) is 0 Å². The second kappa shape index (κ2) is 5.15. The van der Waals surface area contributed by atoms with Gasteiger partial charge in [-0.3, -0.25) is 4.90 Å². The molecule has 1 aromatic heterocycles. The SMILES string of the molecule is Nc1ccc2ncnc(N3CCC(N4CCCC4)C3)c2c1. The number of fused-ring (bicyclic) bond motifs is 1. The highest BCUT2D eigenvalue weighted by Gasteiger charge is 2.30. The molecule has 0 bridgehead atoms. The van der Waals surface area contributed by atoms with Gasteiger partial charge in [-0.25, -0.2) is 9.97 Å². The van der Waals surface area contributed by atoms with E-state index in [0.29, 0.717) is 6.04 Å². The molecule has 4 rings (SSSR count). The van der Waals surface area contributed by atoms with Crippen LogP contribution < -0.4 is 10.6 Å². The summed E-state index contributed by atoms with van der Waals surface area (Å²) in [5, 5.41) is 1.07. The van der Waals surface area contributed by atoms with Crippen LogP contribution in [0.15, 0.2) is 24.5 Å². The van der Waals surface area contributed by atoms with Crippen molar-refractivity contribution in [1.82, 2.24) is 14.9 Å². The van der Waals surface area contributed by atoms with Crippen molar-refractivity contribution < 1.29 is 0 Å². The van der Waals surface area contributed by atoms with Crippen LogP contribution >= 0.6 is 0 Å². The van der Waals surface area contributed by atoms with E-state index in [4.69, 9.17) is 5.73 Å². The Labute approximate surface area is 124 Å². The number of likely N-dealkylation sites (tertiary alicyclic amines) is 1. The predicted molar refractivity (Wildman–Crippen MR) is 85.4 cm³/mol. The molecular weight excluding hydrogens is 262 g/mol. The van der Waals surface area contributed by atoms with E-state index in [1.165, 1.54) is 32.4 Å². The number of hydrogen-bond acceptors (Lipinski definition) is 5. The van der Waals surface area contributed by atoms with Crippen molar-refractivity contribution >= 4 is 22.4 Å². The summed E-state index contributed by atoms with van der Waals surface area (Å²) in [4.78, 5) is 13.9. The van der Waals surface area contributed by atoms with Gasteiger partial charge in [0.05, 0.1) is 5.52 Å². The molecule has 2 aromatic rings. The van der Waals surface area contributed by atoms with Crippen molar-refractivity contribution in [3.63, 3.8) is 0 Å². The summed E-state index contributed by atoms with van der Waals surface area (Å²) in [6.45, 7) is 4.66. The summed E-state index contributed by atoms with van der Waals surface area (Å²) in [6.07, 6.45) is 5.60. The minimum Gasteiger partial charge on any atom is -0.399 e. The zero-order valence-corrected chi connectivity index (χ0v) is 12.2. The van der Waals surface area contributed by atoms with Crippen LogP contribution in [0.4, 0.5) is 11.5 Å². The van der Waals surface area contributed by atoms with Crippen molar-refractivity contribution in [2.24, 2.45) is 0 Å². The van der Waals surface area contributed by atoms with E-state index < -0.39 is 0 Å². The molecule has 110 valence electrons. The average Bonchev–Trinajstić information content (AvgIpc) is 3.17. The van der Waals surface area contributed by atoms with E-state index in [2.05, 4.69) is 19.8 Å². The summed E-state index contributed by atoms with van der Waals surface area (Å²) in [5.74, 6) is 1.04. The van der Waals surface area contributed by atoms with E-state index in [-0.39, 0.29) is 0 Å². The molecule has 0 saturated carbocycles. The van der Waals surface area contributed by atoms with Crippen LogP contribution in [0.5, 0.6) is 0 Å². The van der Waals surface area contributed by atoms with Gasteiger partial charge in [-0.05, 0) is 50.6 Å². The number of benzene rings is 1. The lowest BCUT2D eigenvalue weighted by Crippen LogP contribution is -2.35. The highest BCUT2D eigenvalue weighted by Crippen LogP contribution is 2.29. The third-order valence-corrected chi connectivity index (χ3v) is 4.76. The van der Waals surface area contributed by atoms with Gasteiger partial charge in [0.1, 0.15) is 12.1 Å². The summed E-state index contributed by atoms with van der Waals surface area (Å²) in [6, 6.07) is 6.55. The molecule has 5 nitrogen and oxygen atoms in total. The van der Waals surface area contributed by atoms with Crippen LogP contribution in [-0.2, 0) is 0 Å². The number of hydrogen-bond donors (Lipinski definition) is 1. The van der Waals surface area contributed by atoms with Crippen molar-refractivity contribution in [2.45, 2.75) is 25.3 Å². The molecule has 2 aliphatic heterocycles. The molecule has 0 spiro atoms. The molecule has 3 heterocycles. The number of anilines is 2. The average molecular weight is 283 g/mol. The Balaban J connectivity index is 1.63. The third-order valence-electron chi connectivity index (χ3n) is 4.76. The zero-order chi connectivity index (χ0) is 14.2. The molecule has 5 heteroatoms. The summed E-state index contributed by atoms with van der Waals surface area (Å²) >= 11 is 0. The Hall–Kier alpha value is -1.88. The van der Waals surface area contributed by atoms with Gasteiger partial charge >= 0.3 is 0 Å². The van der Waals surface area contributed by atoms with Crippen LogP contribution in [0.2, 0.25) is 0 Å². The van der Waals surface area contributed by atoms with Crippen LogP contribution in [0, 0.1) is 0 Å². The van der Waals surface area contributed by atoms with E-state index in [0.717, 1.165) is 35.5 Å². The monoisotopic (exact) mass is 283 g/mol. The van der Waals surface area contributed by atoms with E-state index in [9.17, 15) is 0 Å². The van der Waals surface area contributed by atoms with Gasteiger partial charge < -0.3 is 10.6 Å². The molecule has 0 aliphatic carbocycles. The molecule has 2 fully saturated rings. The lowest BCUT2D eigenvalue weighted by atomic mass is 10.2. The number of rotatable bonds is 2. The van der Waals surface area contributed by atoms with Crippen LogP contribution in [0.3, 0.4) is 0 Å². The minimum absolute atomic E-state index is 0.679. The number of nitrogens with zero attached hydrogens (tertiary/aromatic N) is 4. The fraction of sp³-hybridized carbons (Fsp3) is 0.500. The topological polar surface area (TPSA) is 58.3 Å². The number of nitrogen functional groups attached to an aromatic ring is 1. The maximum atomic E-state index is 5.94. The maximum absolute atomic E-state index is 5.94. The summed E-state index contributed by atoms with van der Waals surface area (Å²) in [7, 11) is 0. The van der Waals surface area contributed by atoms with Crippen molar-refractivity contribution in [1.29, 1.82) is 0 Å². The molecule has 2 saturated heterocycles. The molecular formula is C16H21N5. The third kappa shape index (κ3) is 2.31. The van der Waals surface area contributed by atoms with Gasteiger partial charge in [0, 0.05) is 30.2 Å². The van der Waals surface area contributed by atoms with E-state index in [1.54, 1.807) is 6.33 Å². The molecule has 2 N–H and O–H groups in total. The van der Waals surface area contributed by atoms with Crippen LogP contribution in [0.25, 0.3) is 10.9 Å². The van der Waals surface area contributed by atoms with Crippen molar-refractivity contribution in [2.75, 3.05) is 36.8 Å². The maximum Gasteiger partial charge on any atom is 0.140 e. The first-order valence-corrected chi connectivity index (χ1v) is 7.80. The molecule has 21 heavy (non-hydrogen) atoms. The molecule has 0 amide bonds. The normalized spacial score (nSPS) is 23.2. The first-order chi connectivity index (χ1) is 10.3. The Morgan fingerprint density at radius 1 is 1.10 bits per heavy atom. The Kier molecular flexibility index (Phi) is 3.15. The van der Waals surface area contributed by atoms with Gasteiger partial charge in [-0.1, -0.05) is 0 Å². The van der Waals surface area contributed by atoms with Gasteiger partial charge in [-0.15, -0.1) is 0 Å². The van der Waals surface area contributed by atoms with E-state index in [1.807, 2.05) is 18.2 Å². The minimum atomic E-state index is 0.679. The summed E-state index contributed by atoms with van der Waals surface area (Å²) < 4.78 is 0. The second-order valence-electron chi connectivity index (χ2n) is 6.11. The Morgan fingerprint density at radius 2 is 1.95 bits per heavy atom. The fourth-order valence-corrected chi connectivity index (χ4v) is 3.65. The fourth-order valence-electron chi connectivity index (χ4n) is 3.65. The Morgan fingerprint density at radius 3 is 2.81 bits per heavy atom. The predicted octanol–water partition coefficient (Wildman–Crippen LogP) is 1.89. The highest BCUT2D eigenvalue weighted by molar-refractivity contribution is 5.91. The van der Waals surface area contributed by atoms with Crippen molar-refractivity contribution in [3.8, 4) is 0 Å². The smallest absolute Gasteiger partial charge is 0.140 e. The number of nitrogens with two attached hydrogens (primary N) is 1. The standard InChI is InChI=1S/C16H21N5/c17-12-3-4-15-14(9-12)16(19-11-18-15)21-8-5-13(10-21)20-6-1-2-7-20/h3-4,9,11,13H,1-2,5-8,10,17H2. The van der Waals surface area contributed by atoms with Crippen molar-refractivity contribution in [3.05, 3.63) is 24.5 Å². The van der Waals surface area contributed by atoms with Gasteiger partial charge in [0.2, 0.25) is 0 Å². The molecule has 0 radical (unpaired) electrons. The Bertz CT molecular complexity index is 650. The zero-order valence-electron chi connectivity index (χ0n) is 12.2. The van der Waals surface area contributed by atoms with Crippen LogP contribution in [-0.4, -0.2) is 47.1 Å². The van der Waals surface area contributed by atoms with Gasteiger partial charge in [-0.2, -0.15) is 0 Å². The lowest BCUT2D eigenvalue weighted by Gasteiger charge is -2.24. The first kappa shape index (κ1) is 12.8. The lowest BCUT2D eigenvalue weighted by molar-refractivity contribution is 0.260. The molecule has 1 unspecified atom stereocenters. The van der Waals surface area contributed by atoms with Gasteiger partial charge in [0.15, 0.2) is 0 Å². The molecule has 1 atom stereocenters. The van der Waals surface area contributed by atoms with Crippen LogP contribution in [0.1, 0.15) is 19.3 Å². The molecule has 2 aliphatic rings. The summed E-state index contributed by atoms with van der Waals surface area (Å²) in [5.41, 5.74) is 7.68. The largest absolute Gasteiger partial charge is 0.399 e. The number of aromatic nitrogens is 2. The highest BCUT2D eigenvalue weighted by atomic mass is 15.3. The molecule has 1 aromatic carbocycles. The second-order valence-corrected chi connectivity index (χ2v) is 6.11. The quantitative estimate of drug-likeness (QED) is 0.853. The first-order valence-electron chi connectivity index (χ1n) is 7.80.